The summed E-state index contributed by atoms with van der Waals surface area (Å²) >= 11 is 3.30. The molecule has 2 aromatic rings. The summed E-state index contributed by atoms with van der Waals surface area (Å²) in [5, 5.41) is 2.61. The summed E-state index contributed by atoms with van der Waals surface area (Å²) < 4.78 is 30.2. The summed E-state index contributed by atoms with van der Waals surface area (Å²) in [5.41, 5.74) is 2.08. The maximum absolute atomic E-state index is 12.2. The molecule has 0 unspecified atom stereocenters. The molecular formula is C17H18BrNO4S. The van der Waals surface area contributed by atoms with Gasteiger partial charge in [-0.1, -0.05) is 40.2 Å². The molecule has 0 saturated carbocycles. The SMILES string of the molecule is COCc1cccc(NC(=O)CS(=O)(=O)Cc2cccc(Br)c2)c1. The summed E-state index contributed by atoms with van der Waals surface area (Å²) in [6.07, 6.45) is 0. The van der Waals surface area contributed by atoms with Crippen molar-refractivity contribution in [1.29, 1.82) is 0 Å². The van der Waals surface area contributed by atoms with Crippen molar-refractivity contribution in [2.45, 2.75) is 12.4 Å². The van der Waals surface area contributed by atoms with E-state index in [4.69, 9.17) is 4.74 Å². The number of ether oxygens (including phenoxy) is 1. The molecule has 0 aliphatic rings. The van der Waals surface area contributed by atoms with Crippen molar-refractivity contribution in [3.63, 3.8) is 0 Å². The molecule has 0 aliphatic carbocycles. The average Bonchev–Trinajstić information content (AvgIpc) is 2.46. The molecule has 1 amide bonds. The van der Waals surface area contributed by atoms with Crippen molar-refractivity contribution in [3.05, 3.63) is 64.1 Å². The quantitative estimate of drug-likeness (QED) is 0.759. The number of hydrogen-bond donors (Lipinski definition) is 1. The van der Waals surface area contributed by atoms with Crippen molar-refractivity contribution >= 4 is 37.4 Å². The zero-order chi connectivity index (χ0) is 17.6. The number of sulfone groups is 1. The molecule has 0 fully saturated rings. The fourth-order valence-corrected chi connectivity index (χ4v) is 3.94. The molecule has 7 heteroatoms. The molecule has 2 rings (SSSR count). The molecule has 24 heavy (non-hydrogen) atoms. The van der Waals surface area contributed by atoms with Gasteiger partial charge in [0.05, 0.1) is 12.4 Å². The highest BCUT2D eigenvalue weighted by Gasteiger charge is 2.18. The van der Waals surface area contributed by atoms with Crippen LogP contribution in [0.4, 0.5) is 5.69 Å². The highest BCUT2D eigenvalue weighted by molar-refractivity contribution is 9.10. The van der Waals surface area contributed by atoms with Crippen LogP contribution in [0.2, 0.25) is 0 Å². The maximum Gasteiger partial charge on any atom is 0.239 e. The Labute approximate surface area is 150 Å². The lowest BCUT2D eigenvalue weighted by atomic mass is 10.2. The van der Waals surface area contributed by atoms with Crippen molar-refractivity contribution in [1.82, 2.24) is 0 Å². The number of benzene rings is 2. The van der Waals surface area contributed by atoms with E-state index in [0.29, 0.717) is 17.9 Å². The topological polar surface area (TPSA) is 72.5 Å². The molecule has 0 atom stereocenters. The normalized spacial score (nSPS) is 11.2. The lowest BCUT2D eigenvalue weighted by Gasteiger charge is -2.08. The van der Waals surface area contributed by atoms with Crippen LogP contribution in [0.5, 0.6) is 0 Å². The Morgan fingerprint density at radius 2 is 1.83 bits per heavy atom. The minimum absolute atomic E-state index is 0.177. The van der Waals surface area contributed by atoms with Gasteiger partial charge in [-0.05, 0) is 35.4 Å². The second-order valence-electron chi connectivity index (χ2n) is 5.34. The van der Waals surface area contributed by atoms with E-state index in [2.05, 4.69) is 21.2 Å². The molecule has 0 aliphatic heterocycles. The van der Waals surface area contributed by atoms with Gasteiger partial charge < -0.3 is 10.1 Å². The first-order chi connectivity index (χ1) is 11.4. The van der Waals surface area contributed by atoms with E-state index < -0.39 is 21.5 Å². The van der Waals surface area contributed by atoms with Crippen LogP contribution in [0.25, 0.3) is 0 Å². The first-order valence-corrected chi connectivity index (χ1v) is 9.82. The maximum atomic E-state index is 12.2. The molecule has 2 aromatic carbocycles. The fourth-order valence-electron chi connectivity index (χ4n) is 2.23. The van der Waals surface area contributed by atoms with Gasteiger partial charge in [0.25, 0.3) is 0 Å². The third-order valence-electron chi connectivity index (χ3n) is 3.15. The first kappa shape index (κ1) is 18.6. The number of halogens is 1. The van der Waals surface area contributed by atoms with Gasteiger partial charge in [0, 0.05) is 17.3 Å². The summed E-state index contributed by atoms with van der Waals surface area (Å²) in [6, 6.07) is 14.1. The lowest BCUT2D eigenvalue weighted by Crippen LogP contribution is -2.24. The Hall–Kier alpha value is -1.70. The smallest absolute Gasteiger partial charge is 0.239 e. The molecule has 0 saturated heterocycles. The van der Waals surface area contributed by atoms with Gasteiger partial charge in [-0.15, -0.1) is 0 Å². The van der Waals surface area contributed by atoms with E-state index in [1.165, 1.54) is 0 Å². The van der Waals surface area contributed by atoms with Gasteiger partial charge in [0.1, 0.15) is 5.75 Å². The number of nitrogens with one attached hydrogen (secondary N) is 1. The molecule has 0 aromatic heterocycles. The predicted octanol–water partition coefficient (Wildman–Crippen LogP) is 3.15. The van der Waals surface area contributed by atoms with Gasteiger partial charge in [-0.25, -0.2) is 8.42 Å². The monoisotopic (exact) mass is 411 g/mol. The Bertz CT molecular complexity index is 821. The second kappa shape index (κ2) is 8.41. The average molecular weight is 412 g/mol. The Morgan fingerprint density at radius 3 is 2.54 bits per heavy atom. The predicted molar refractivity (Wildman–Crippen MR) is 97.4 cm³/mol. The van der Waals surface area contributed by atoms with Gasteiger partial charge >= 0.3 is 0 Å². The summed E-state index contributed by atoms with van der Waals surface area (Å²) in [7, 11) is -1.97. The van der Waals surface area contributed by atoms with Gasteiger partial charge in [-0.2, -0.15) is 0 Å². The molecule has 1 N–H and O–H groups in total. The van der Waals surface area contributed by atoms with Crippen molar-refractivity contribution in [3.8, 4) is 0 Å². The summed E-state index contributed by atoms with van der Waals surface area (Å²) in [5.74, 6) is -1.29. The zero-order valence-corrected chi connectivity index (χ0v) is 15.6. The molecule has 128 valence electrons. The van der Waals surface area contributed by atoms with Gasteiger partial charge in [-0.3, -0.25) is 4.79 Å². The molecule has 0 heterocycles. The molecular weight excluding hydrogens is 394 g/mol. The van der Waals surface area contributed by atoms with Crippen LogP contribution in [0.3, 0.4) is 0 Å². The third-order valence-corrected chi connectivity index (χ3v) is 5.12. The van der Waals surface area contributed by atoms with E-state index in [-0.39, 0.29) is 5.75 Å². The fraction of sp³-hybridized carbons (Fsp3) is 0.235. The molecule has 0 bridgehead atoms. The lowest BCUT2D eigenvalue weighted by molar-refractivity contribution is -0.113. The largest absolute Gasteiger partial charge is 0.380 e. The van der Waals surface area contributed by atoms with E-state index >= 15 is 0 Å². The summed E-state index contributed by atoms with van der Waals surface area (Å²) in [4.78, 5) is 12.0. The molecule has 0 radical (unpaired) electrons. The zero-order valence-electron chi connectivity index (χ0n) is 13.2. The Morgan fingerprint density at radius 1 is 1.12 bits per heavy atom. The molecule has 5 nitrogen and oxygen atoms in total. The molecule has 0 spiro atoms. The van der Waals surface area contributed by atoms with Gasteiger partial charge in [0.2, 0.25) is 5.91 Å². The Balaban J connectivity index is 1.99. The second-order valence-corrected chi connectivity index (χ2v) is 8.32. The highest BCUT2D eigenvalue weighted by atomic mass is 79.9. The van der Waals surface area contributed by atoms with E-state index in [0.717, 1.165) is 10.0 Å². The third kappa shape index (κ3) is 6.07. The standard InChI is InChI=1S/C17H18BrNO4S/c1-23-10-13-4-3-7-16(9-13)19-17(20)12-24(21,22)11-14-5-2-6-15(18)8-14/h2-9H,10-12H2,1H3,(H,19,20). The number of carbonyl (C=O) groups is 1. The van der Waals surface area contributed by atoms with Crippen molar-refractivity contribution < 1.29 is 17.9 Å². The Kier molecular flexibility index (Phi) is 6.53. The van der Waals surface area contributed by atoms with Gasteiger partial charge in [0.15, 0.2) is 9.84 Å². The number of methoxy groups -OCH3 is 1. The highest BCUT2D eigenvalue weighted by Crippen LogP contribution is 2.15. The van der Waals surface area contributed by atoms with Crippen LogP contribution in [0, 0.1) is 0 Å². The van der Waals surface area contributed by atoms with E-state index in [1.54, 1.807) is 43.5 Å². The van der Waals surface area contributed by atoms with Crippen molar-refractivity contribution in [2.24, 2.45) is 0 Å². The number of amides is 1. The van der Waals surface area contributed by atoms with Crippen LogP contribution >= 0.6 is 15.9 Å². The number of carbonyl (C=O) groups excluding carboxylic acids is 1. The number of anilines is 1. The van der Waals surface area contributed by atoms with Crippen LogP contribution < -0.4 is 5.32 Å². The minimum atomic E-state index is -3.55. The first-order valence-electron chi connectivity index (χ1n) is 7.20. The van der Waals surface area contributed by atoms with Crippen LogP contribution in [-0.4, -0.2) is 27.2 Å². The van der Waals surface area contributed by atoms with Crippen LogP contribution in [0.15, 0.2) is 53.0 Å². The number of hydrogen-bond acceptors (Lipinski definition) is 4. The minimum Gasteiger partial charge on any atom is -0.380 e. The summed E-state index contributed by atoms with van der Waals surface area (Å²) in [6.45, 7) is 0.422. The van der Waals surface area contributed by atoms with E-state index in [9.17, 15) is 13.2 Å². The van der Waals surface area contributed by atoms with Crippen LogP contribution in [-0.2, 0) is 31.7 Å². The number of rotatable bonds is 7. The van der Waals surface area contributed by atoms with E-state index in [1.807, 2.05) is 12.1 Å². The van der Waals surface area contributed by atoms with Crippen molar-refractivity contribution in [2.75, 3.05) is 18.2 Å². The van der Waals surface area contributed by atoms with Crippen LogP contribution in [0.1, 0.15) is 11.1 Å².